The fourth-order valence-corrected chi connectivity index (χ4v) is 4.26. The van der Waals surface area contributed by atoms with Crippen LogP contribution in [0.3, 0.4) is 0 Å². The second-order valence-corrected chi connectivity index (χ2v) is 7.90. The molecule has 0 aliphatic carbocycles. The predicted molar refractivity (Wildman–Crippen MR) is 109 cm³/mol. The molecule has 1 aliphatic heterocycles. The largest absolute Gasteiger partial charge is 0.342 e. The van der Waals surface area contributed by atoms with Gasteiger partial charge in [-0.3, -0.25) is 14.3 Å². The van der Waals surface area contributed by atoms with Crippen molar-refractivity contribution in [1.82, 2.24) is 29.1 Å². The van der Waals surface area contributed by atoms with Crippen LogP contribution in [-0.4, -0.2) is 47.9 Å². The molecule has 0 radical (unpaired) electrons. The molecule has 3 aromatic heterocycles. The van der Waals surface area contributed by atoms with Crippen LogP contribution < -0.4 is 16.1 Å². The maximum absolute atomic E-state index is 12.6. The van der Waals surface area contributed by atoms with Gasteiger partial charge in [0.05, 0.1) is 0 Å². The lowest BCUT2D eigenvalue weighted by atomic mass is 10.2. The Hall–Kier alpha value is -2.62. The second kappa shape index (κ2) is 8.17. The van der Waals surface area contributed by atoms with E-state index in [2.05, 4.69) is 19.9 Å². The van der Waals surface area contributed by atoms with Crippen molar-refractivity contribution in [3.8, 4) is 0 Å². The molecule has 3 aromatic rings. The van der Waals surface area contributed by atoms with Gasteiger partial charge in [-0.2, -0.15) is 4.98 Å². The number of hydrogen-bond donors (Lipinski definition) is 1. The van der Waals surface area contributed by atoms with Crippen LogP contribution in [0.25, 0.3) is 11.2 Å². The molecule has 0 aromatic carbocycles. The molecule has 0 atom stereocenters. The summed E-state index contributed by atoms with van der Waals surface area (Å²) in [5, 5.41) is 0.699. The van der Waals surface area contributed by atoms with Gasteiger partial charge in [-0.05, 0) is 18.9 Å². The van der Waals surface area contributed by atoms with Gasteiger partial charge in [-0.15, -0.1) is 0 Å². The van der Waals surface area contributed by atoms with Crippen molar-refractivity contribution in [1.29, 1.82) is 0 Å². The lowest BCUT2D eigenvalue weighted by molar-refractivity contribution is 0.705. The highest BCUT2D eigenvalue weighted by molar-refractivity contribution is 7.99. The number of aryl methyl sites for hydroxylation is 2. The fraction of sp³-hybridized carbons (Fsp3) is 0.500. The molecule has 0 saturated carbocycles. The highest BCUT2D eigenvalue weighted by Crippen LogP contribution is 2.24. The maximum atomic E-state index is 12.6. The number of thioether (sulfide) groups is 1. The van der Waals surface area contributed by atoms with E-state index in [9.17, 15) is 9.59 Å². The summed E-state index contributed by atoms with van der Waals surface area (Å²) in [5.74, 6) is 1.46. The summed E-state index contributed by atoms with van der Waals surface area (Å²) in [7, 11) is 1.64. The number of nitrogens with zero attached hydrogens (tertiary/aromatic N) is 6. The number of fused-ring (bicyclic) bond motifs is 1. The molecule has 0 bridgehead atoms. The van der Waals surface area contributed by atoms with Crippen molar-refractivity contribution in [2.24, 2.45) is 7.05 Å². The Morgan fingerprint density at radius 2 is 1.82 bits per heavy atom. The van der Waals surface area contributed by atoms with Crippen LogP contribution in [0.5, 0.6) is 0 Å². The van der Waals surface area contributed by atoms with Gasteiger partial charge in [0, 0.05) is 44.8 Å². The number of H-pyrrole nitrogens is 1. The zero-order valence-corrected chi connectivity index (χ0v) is 16.6. The average Bonchev–Trinajstić information content (AvgIpc) is 2.88. The van der Waals surface area contributed by atoms with E-state index < -0.39 is 11.2 Å². The number of nitrogens with one attached hydrogen (secondary N) is 1. The van der Waals surface area contributed by atoms with Gasteiger partial charge in [0.15, 0.2) is 16.3 Å². The number of imidazole rings is 1. The molecule has 148 valence electrons. The van der Waals surface area contributed by atoms with Gasteiger partial charge in [0.2, 0.25) is 5.95 Å². The van der Waals surface area contributed by atoms with Gasteiger partial charge < -0.3 is 9.47 Å². The molecule has 4 heterocycles. The van der Waals surface area contributed by atoms with Crippen LogP contribution in [0.1, 0.15) is 25.7 Å². The zero-order chi connectivity index (χ0) is 19.5. The Morgan fingerprint density at radius 1 is 1.11 bits per heavy atom. The Bertz CT molecular complexity index is 1070. The molecule has 9 nitrogen and oxygen atoms in total. The van der Waals surface area contributed by atoms with Crippen LogP contribution in [0.4, 0.5) is 5.95 Å². The van der Waals surface area contributed by atoms with Crippen molar-refractivity contribution in [3.05, 3.63) is 39.3 Å². The summed E-state index contributed by atoms with van der Waals surface area (Å²) < 4.78 is 3.34. The lowest BCUT2D eigenvalue weighted by Gasteiger charge is -2.22. The SMILES string of the molecule is Cn1c(=O)[nH]c(=O)c2c1nc(N1CCCCCC1)n2CCSc1ncccn1. The standard InChI is InChI=1S/C18H23N7O2S/c1-23-14-13(15(26)22-18(23)27)25(11-12-28-16-19-7-6-8-20-16)17(21-14)24-9-4-2-3-5-10-24/h6-8H,2-5,9-12H2,1H3,(H,22,26,27). The minimum Gasteiger partial charge on any atom is -0.342 e. The first-order chi connectivity index (χ1) is 13.6. The van der Waals surface area contributed by atoms with Gasteiger partial charge in [0.1, 0.15) is 0 Å². The molecule has 1 saturated heterocycles. The molecule has 0 amide bonds. The first kappa shape index (κ1) is 18.7. The summed E-state index contributed by atoms with van der Waals surface area (Å²) in [6.07, 6.45) is 8.04. The lowest BCUT2D eigenvalue weighted by Crippen LogP contribution is -2.30. The Balaban J connectivity index is 1.72. The molecule has 28 heavy (non-hydrogen) atoms. The van der Waals surface area contributed by atoms with Crippen molar-refractivity contribution in [2.45, 2.75) is 37.4 Å². The monoisotopic (exact) mass is 401 g/mol. The minimum absolute atomic E-state index is 0.396. The third-order valence-electron chi connectivity index (χ3n) is 4.96. The van der Waals surface area contributed by atoms with E-state index in [4.69, 9.17) is 4.98 Å². The Morgan fingerprint density at radius 3 is 2.54 bits per heavy atom. The topological polar surface area (TPSA) is 102 Å². The van der Waals surface area contributed by atoms with E-state index in [1.807, 2.05) is 4.57 Å². The fourth-order valence-electron chi connectivity index (χ4n) is 3.54. The van der Waals surface area contributed by atoms with E-state index in [0.29, 0.717) is 28.6 Å². The van der Waals surface area contributed by atoms with Crippen molar-refractivity contribution in [3.63, 3.8) is 0 Å². The highest BCUT2D eigenvalue weighted by atomic mass is 32.2. The molecule has 1 N–H and O–H groups in total. The van der Waals surface area contributed by atoms with Gasteiger partial charge >= 0.3 is 5.69 Å². The number of hydrogen-bond acceptors (Lipinski definition) is 7. The molecule has 10 heteroatoms. The van der Waals surface area contributed by atoms with E-state index in [1.54, 1.807) is 25.5 Å². The summed E-state index contributed by atoms with van der Waals surface area (Å²) in [5.41, 5.74) is 0.0224. The molecule has 1 fully saturated rings. The summed E-state index contributed by atoms with van der Waals surface area (Å²) in [6, 6.07) is 1.78. The third kappa shape index (κ3) is 3.68. The van der Waals surface area contributed by atoms with Crippen molar-refractivity contribution in [2.75, 3.05) is 23.7 Å². The van der Waals surface area contributed by atoms with Crippen LogP contribution in [-0.2, 0) is 13.6 Å². The molecule has 4 rings (SSSR count). The van der Waals surface area contributed by atoms with Crippen molar-refractivity contribution >= 4 is 28.9 Å². The van der Waals surface area contributed by atoms with Crippen LogP contribution in [0.15, 0.2) is 33.2 Å². The van der Waals surface area contributed by atoms with Gasteiger partial charge in [-0.1, -0.05) is 24.6 Å². The van der Waals surface area contributed by atoms with Crippen LogP contribution >= 0.6 is 11.8 Å². The van der Waals surface area contributed by atoms with E-state index in [0.717, 1.165) is 31.9 Å². The number of anilines is 1. The molecular formula is C18H23N7O2S. The molecular weight excluding hydrogens is 378 g/mol. The summed E-state index contributed by atoms with van der Waals surface area (Å²) in [4.78, 5) is 42.4. The number of rotatable bonds is 5. The van der Waals surface area contributed by atoms with Gasteiger partial charge in [0.25, 0.3) is 5.56 Å². The normalized spacial score (nSPS) is 15.1. The molecule has 1 aliphatic rings. The average molecular weight is 401 g/mol. The zero-order valence-electron chi connectivity index (χ0n) is 15.8. The van der Waals surface area contributed by atoms with Crippen molar-refractivity contribution < 1.29 is 0 Å². The van der Waals surface area contributed by atoms with Gasteiger partial charge in [-0.25, -0.2) is 14.8 Å². The smallest absolute Gasteiger partial charge is 0.329 e. The van der Waals surface area contributed by atoms with E-state index in [1.165, 1.54) is 29.2 Å². The quantitative estimate of drug-likeness (QED) is 0.509. The number of aromatic amines is 1. The molecule has 0 unspecified atom stereocenters. The Labute approximate surface area is 165 Å². The summed E-state index contributed by atoms with van der Waals surface area (Å²) >= 11 is 1.53. The summed E-state index contributed by atoms with van der Waals surface area (Å²) in [6.45, 7) is 2.39. The van der Waals surface area contributed by atoms with E-state index >= 15 is 0 Å². The minimum atomic E-state index is -0.448. The first-order valence-corrected chi connectivity index (χ1v) is 10.5. The maximum Gasteiger partial charge on any atom is 0.329 e. The first-order valence-electron chi connectivity index (χ1n) is 9.49. The predicted octanol–water partition coefficient (Wildman–Crippen LogP) is 1.39. The Kier molecular flexibility index (Phi) is 5.47. The highest BCUT2D eigenvalue weighted by Gasteiger charge is 2.22. The van der Waals surface area contributed by atoms with Crippen LogP contribution in [0.2, 0.25) is 0 Å². The third-order valence-corrected chi connectivity index (χ3v) is 5.82. The number of aromatic nitrogens is 6. The van der Waals surface area contributed by atoms with E-state index in [-0.39, 0.29) is 0 Å². The molecule has 0 spiro atoms. The second-order valence-electron chi connectivity index (χ2n) is 6.84. The van der Waals surface area contributed by atoms with Crippen LogP contribution in [0, 0.1) is 0 Å².